The number of hydrogen-bond donors (Lipinski definition) is 2. The van der Waals surface area contributed by atoms with Crippen LogP contribution in [0.25, 0.3) is 0 Å². The highest BCUT2D eigenvalue weighted by Gasteiger charge is 2.54. The maximum absolute atomic E-state index is 12.3. The molecule has 5 nitrogen and oxygen atoms in total. The first-order valence-electron chi connectivity index (χ1n) is 8.74. The smallest absolute Gasteiger partial charge is 0.406 e. The standard InChI is InChI=1S/C18H21F3N4O/c19-18(20,21)26-13-3-1-2-12(6-13)7-22-8-14-15-9-25(10-16(14)15)11-17-23-4-5-24-17/h1-6,14-16,22H,7-11H2,(H,23,24). The van der Waals surface area contributed by atoms with Crippen LogP contribution in [0.5, 0.6) is 5.75 Å². The molecule has 0 radical (unpaired) electrons. The van der Waals surface area contributed by atoms with Crippen molar-refractivity contribution in [3.05, 3.63) is 48.0 Å². The van der Waals surface area contributed by atoms with Gasteiger partial charge in [-0.3, -0.25) is 4.90 Å². The van der Waals surface area contributed by atoms with Gasteiger partial charge < -0.3 is 15.0 Å². The van der Waals surface area contributed by atoms with Gasteiger partial charge in [-0.05, 0) is 42.0 Å². The van der Waals surface area contributed by atoms with Crippen LogP contribution < -0.4 is 10.1 Å². The number of H-pyrrole nitrogens is 1. The summed E-state index contributed by atoms with van der Waals surface area (Å²) in [5.41, 5.74) is 0.789. The molecular formula is C18H21F3N4O. The van der Waals surface area contributed by atoms with Gasteiger partial charge in [-0.2, -0.15) is 0 Å². The Balaban J connectivity index is 1.19. The number of alkyl halides is 3. The Hall–Kier alpha value is -2.06. The molecule has 2 heterocycles. The third-order valence-electron chi connectivity index (χ3n) is 5.22. The molecule has 2 aromatic rings. The molecule has 8 heteroatoms. The molecule has 1 aromatic heterocycles. The molecular weight excluding hydrogens is 345 g/mol. The van der Waals surface area contributed by atoms with E-state index in [2.05, 4.69) is 24.9 Å². The SMILES string of the molecule is FC(F)(F)Oc1cccc(CNCC2C3CN(Cc4ncc[nH]4)CC23)c1. The van der Waals surface area contributed by atoms with E-state index in [0.29, 0.717) is 12.5 Å². The number of fused-ring (bicyclic) bond motifs is 1. The molecule has 0 spiro atoms. The topological polar surface area (TPSA) is 53.2 Å². The van der Waals surface area contributed by atoms with Crippen molar-refractivity contribution < 1.29 is 17.9 Å². The van der Waals surface area contributed by atoms with E-state index >= 15 is 0 Å². The molecule has 1 saturated carbocycles. The Bertz CT molecular complexity index is 722. The lowest BCUT2D eigenvalue weighted by Crippen LogP contribution is -2.27. The van der Waals surface area contributed by atoms with Crippen LogP contribution in [0.1, 0.15) is 11.4 Å². The molecule has 2 N–H and O–H groups in total. The second-order valence-corrected chi connectivity index (χ2v) is 7.05. The van der Waals surface area contributed by atoms with Gasteiger partial charge in [0, 0.05) is 32.0 Å². The summed E-state index contributed by atoms with van der Waals surface area (Å²) in [6.45, 7) is 4.49. The van der Waals surface area contributed by atoms with Crippen molar-refractivity contribution in [3.8, 4) is 5.75 Å². The summed E-state index contributed by atoms with van der Waals surface area (Å²) in [5, 5.41) is 3.37. The molecule has 2 aliphatic rings. The van der Waals surface area contributed by atoms with Crippen molar-refractivity contribution in [2.45, 2.75) is 19.5 Å². The second-order valence-electron chi connectivity index (χ2n) is 7.05. The van der Waals surface area contributed by atoms with Crippen LogP contribution >= 0.6 is 0 Å². The summed E-state index contributed by atoms with van der Waals surface area (Å²) in [4.78, 5) is 9.81. The predicted molar refractivity (Wildman–Crippen MR) is 89.2 cm³/mol. The van der Waals surface area contributed by atoms with Crippen LogP contribution in [-0.4, -0.2) is 40.9 Å². The fourth-order valence-electron chi connectivity index (χ4n) is 4.00. The van der Waals surface area contributed by atoms with Gasteiger partial charge in [0.2, 0.25) is 0 Å². The van der Waals surface area contributed by atoms with E-state index in [1.165, 1.54) is 12.1 Å². The zero-order chi connectivity index (χ0) is 18.1. The highest BCUT2D eigenvalue weighted by atomic mass is 19.4. The minimum Gasteiger partial charge on any atom is -0.406 e. The van der Waals surface area contributed by atoms with Crippen LogP contribution in [0.2, 0.25) is 0 Å². The average Bonchev–Trinajstić information content (AvgIpc) is 2.97. The maximum atomic E-state index is 12.3. The third kappa shape index (κ3) is 4.19. The summed E-state index contributed by atoms with van der Waals surface area (Å²) in [6.07, 6.45) is -1.04. The Morgan fingerprint density at radius 2 is 2.08 bits per heavy atom. The van der Waals surface area contributed by atoms with Crippen molar-refractivity contribution in [1.82, 2.24) is 20.2 Å². The van der Waals surface area contributed by atoms with Crippen molar-refractivity contribution in [3.63, 3.8) is 0 Å². The van der Waals surface area contributed by atoms with Gasteiger partial charge >= 0.3 is 6.36 Å². The van der Waals surface area contributed by atoms with Gasteiger partial charge in [-0.15, -0.1) is 13.2 Å². The molecule has 2 unspecified atom stereocenters. The van der Waals surface area contributed by atoms with Crippen molar-refractivity contribution in [2.75, 3.05) is 19.6 Å². The van der Waals surface area contributed by atoms with E-state index in [1.54, 1.807) is 18.3 Å². The quantitative estimate of drug-likeness (QED) is 0.791. The lowest BCUT2D eigenvalue weighted by Gasteiger charge is -2.18. The van der Waals surface area contributed by atoms with E-state index in [9.17, 15) is 13.2 Å². The Kier molecular flexibility index (Phi) is 4.62. The summed E-state index contributed by atoms with van der Waals surface area (Å²) in [7, 11) is 0. The largest absolute Gasteiger partial charge is 0.573 e. The van der Waals surface area contributed by atoms with E-state index < -0.39 is 6.36 Å². The number of likely N-dealkylation sites (tertiary alicyclic amines) is 1. The van der Waals surface area contributed by atoms with Crippen molar-refractivity contribution in [1.29, 1.82) is 0 Å². The summed E-state index contributed by atoms with van der Waals surface area (Å²) < 4.78 is 40.8. The van der Waals surface area contributed by atoms with Gasteiger partial charge in [0.05, 0.1) is 6.54 Å². The molecule has 4 rings (SSSR count). The average molecular weight is 366 g/mol. The van der Waals surface area contributed by atoms with Gasteiger partial charge in [0.15, 0.2) is 0 Å². The molecule has 26 heavy (non-hydrogen) atoms. The van der Waals surface area contributed by atoms with E-state index in [0.717, 1.165) is 49.4 Å². The fourth-order valence-corrected chi connectivity index (χ4v) is 4.00. The highest BCUT2D eigenvalue weighted by Crippen LogP contribution is 2.51. The summed E-state index contributed by atoms with van der Waals surface area (Å²) >= 11 is 0. The molecule has 0 amide bonds. The predicted octanol–water partition coefficient (Wildman–Crippen LogP) is 2.78. The minimum atomic E-state index is -4.65. The van der Waals surface area contributed by atoms with Crippen LogP contribution in [0, 0.1) is 17.8 Å². The van der Waals surface area contributed by atoms with Crippen LogP contribution in [0.4, 0.5) is 13.2 Å². The van der Waals surface area contributed by atoms with Gasteiger partial charge in [0.1, 0.15) is 11.6 Å². The number of halogens is 3. The number of ether oxygens (including phenoxy) is 1. The first-order valence-corrected chi connectivity index (χ1v) is 8.74. The molecule has 1 aliphatic heterocycles. The summed E-state index contributed by atoms with van der Waals surface area (Å²) in [5.74, 6) is 2.93. The Morgan fingerprint density at radius 1 is 1.27 bits per heavy atom. The number of benzene rings is 1. The van der Waals surface area contributed by atoms with Gasteiger partial charge in [-0.1, -0.05) is 12.1 Å². The molecule has 1 saturated heterocycles. The zero-order valence-electron chi connectivity index (χ0n) is 14.2. The number of aromatic amines is 1. The Labute approximate surface area is 149 Å². The lowest BCUT2D eigenvalue weighted by molar-refractivity contribution is -0.274. The molecule has 2 fully saturated rings. The van der Waals surface area contributed by atoms with E-state index in [1.807, 2.05) is 6.20 Å². The number of piperidine rings is 1. The molecule has 1 aromatic carbocycles. The lowest BCUT2D eigenvalue weighted by atomic mass is 10.2. The number of aromatic nitrogens is 2. The second kappa shape index (κ2) is 6.92. The number of hydrogen-bond acceptors (Lipinski definition) is 4. The maximum Gasteiger partial charge on any atom is 0.573 e. The minimum absolute atomic E-state index is 0.173. The number of nitrogens with zero attached hydrogens (tertiary/aromatic N) is 2. The van der Waals surface area contributed by atoms with Crippen LogP contribution in [0.15, 0.2) is 36.7 Å². The fraction of sp³-hybridized carbons (Fsp3) is 0.500. The Morgan fingerprint density at radius 3 is 2.77 bits per heavy atom. The van der Waals surface area contributed by atoms with Crippen LogP contribution in [0.3, 0.4) is 0 Å². The van der Waals surface area contributed by atoms with Crippen LogP contribution in [-0.2, 0) is 13.1 Å². The molecule has 140 valence electrons. The molecule has 0 bridgehead atoms. The number of nitrogens with one attached hydrogen (secondary N) is 2. The molecule has 1 aliphatic carbocycles. The third-order valence-corrected chi connectivity index (χ3v) is 5.22. The first kappa shape index (κ1) is 17.4. The highest BCUT2D eigenvalue weighted by molar-refractivity contribution is 5.28. The van der Waals surface area contributed by atoms with Crippen molar-refractivity contribution in [2.24, 2.45) is 17.8 Å². The van der Waals surface area contributed by atoms with Gasteiger partial charge in [-0.25, -0.2) is 4.98 Å². The molecule has 2 atom stereocenters. The zero-order valence-corrected chi connectivity index (χ0v) is 14.2. The van der Waals surface area contributed by atoms with Gasteiger partial charge in [0.25, 0.3) is 0 Å². The monoisotopic (exact) mass is 366 g/mol. The normalized spacial score (nSPS) is 25.3. The van der Waals surface area contributed by atoms with E-state index in [4.69, 9.17) is 0 Å². The summed E-state index contributed by atoms with van der Waals surface area (Å²) in [6, 6.07) is 6.13. The first-order chi connectivity index (χ1) is 12.5. The van der Waals surface area contributed by atoms with Crippen molar-refractivity contribution >= 4 is 0 Å². The number of rotatable bonds is 7. The number of imidazole rings is 1. The van der Waals surface area contributed by atoms with E-state index in [-0.39, 0.29) is 5.75 Å².